The van der Waals surface area contributed by atoms with Gasteiger partial charge in [0.15, 0.2) is 5.78 Å². The lowest BCUT2D eigenvalue weighted by Gasteiger charge is -2.43. The first-order valence-corrected chi connectivity index (χ1v) is 13.5. The monoisotopic (exact) mass is 519 g/mol. The molecule has 4 heterocycles. The van der Waals surface area contributed by atoms with Gasteiger partial charge >= 0.3 is 6.03 Å². The van der Waals surface area contributed by atoms with Gasteiger partial charge in [0.05, 0.1) is 17.2 Å². The number of benzene rings is 1. The number of hydrogen-bond acceptors (Lipinski definition) is 7. The van der Waals surface area contributed by atoms with Crippen molar-refractivity contribution in [3.8, 4) is 6.07 Å². The number of thioether (sulfide) groups is 1. The number of urea groups is 1. The SMILES string of the molecule is CCNC(=O)Nc1sc2nc(C)ccc2c1C(=O)N1CCC2(CC1)CC(=O)c1cc(C#N)ccc1S2. The number of aromatic nitrogens is 1. The fourth-order valence-electron chi connectivity index (χ4n) is 4.80. The molecular formula is C26H25N5O3S2. The second kappa shape index (κ2) is 9.56. The lowest BCUT2D eigenvalue weighted by molar-refractivity contribution is 0.0699. The predicted octanol–water partition coefficient (Wildman–Crippen LogP) is 4.97. The van der Waals surface area contributed by atoms with E-state index in [2.05, 4.69) is 21.7 Å². The van der Waals surface area contributed by atoms with E-state index in [9.17, 15) is 14.4 Å². The summed E-state index contributed by atoms with van der Waals surface area (Å²) in [4.78, 5) is 47.0. The Bertz CT molecular complexity index is 1430. The van der Waals surface area contributed by atoms with E-state index < -0.39 is 0 Å². The zero-order valence-electron chi connectivity index (χ0n) is 20.0. The van der Waals surface area contributed by atoms with E-state index >= 15 is 0 Å². The van der Waals surface area contributed by atoms with Crippen LogP contribution in [0.3, 0.4) is 0 Å². The number of aryl methyl sites for hydroxylation is 1. The maximum Gasteiger partial charge on any atom is 0.319 e. The molecule has 1 saturated heterocycles. The number of Topliss-reactive ketones (excluding diaryl/α,β-unsaturated/α-hetero) is 1. The minimum Gasteiger partial charge on any atom is -0.338 e. The molecule has 0 unspecified atom stereocenters. The van der Waals surface area contributed by atoms with Crippen LogP contribution < -0.4 is 10.6 Å². The maximum absolute atomic E-state index is 13.8. The third kappa shape index (κ3) is 4.45. The minimum absolute atomic E-state index is 0.0549. The van der Waals surface area contributed by atoms with Crippen LogP contribution in [0.25, 0.3) is 10.2 Å². The fraction of sp³-hybridized carbons (Fsp3) is 0.346. The summed E-state index contributed by atoms with van der Waals surface area (Å²) in [6, 6.07) is 10.8. The molecule has 184 valence electrons. The van der Waals surface area contributed by atoms with E-state index in [1.165, 1.54) is 11.3 Å². The number of likely N-dealkylation sites (tertiary alicyclic amines) is 1. The summed E-state index contributed by atoms with van der Waals surface area (Å²) in [5, 5.41) is 15.9. The highest BCUT2D eigenvalue weighted by molar-refractivity contribution is 8.01. The summed E-state index contributed by atoms with van der Waals surface area (Å²) >= 11 is 2.99. The number of nitriles is 1. The molecule has 0 aliphatic carbocycles. The number of carbonyl (C=O) groups excluding carboxylic acids is 3. The summed E-state index contributed by atoms with van der Waals surface area (Å²) in [5.41, 5.74) is 2.42. The van der Waals surface area contributed by atoms with Crippen LogP contribution in [0, 0.1) is 18.3 Å². The number of pyridine rings is 1. The van der Waals surface area contributed by atoms with Crippen LogP contribution in [0.2, 0.25) is 0 Å². The molecule has 5 rings (SSSR count). The van der Waals surface area contributed by atoms with Crippen LogP contribution in [-0.4, -0.2) is 52.0 Å². The zero-order valence-corrected chi connectivity index (χ0v) is 21.6. The Morgan fingerprint density at radius 1 is 1.22 bits per heavy atom. The summed E-state index contributed by atoms with van der Waals surface area (Å²) < 4.78 is -0.257. The predicted molar refractivity (Wildman–Crippen MR) is 141 cm³/mol. The molecule has 2 aliphatic heterocycles. The van der Waals surface area contributed by atoms with E-state index in [-0.39, 0.29) is 22.5 Å². The van der Waals surface area contributed by atoms with Crippen molar-refractivity contribution in [3.05, 3.63) is 52.7 Å². The largest absolute Gasteiger partial charge is 0.338 e. The number of nitrogens with zero attached hydrogens (tertiary/aromatic N) is 3. The Hall–Kier alpha value is -3.42. The molecular weight excluding hydrogens is 494 g/mol. The van der Waals surface area contributed by atoms with Crippen LogP contribution in [-0.2, 0) is 0 Å². The fourth-order valence-corrected chi connectivity index (χ4v) is 7.38. The van der Waals surface area contributed by atoms with E-state index in [1.54, 1.807) is 23.9 Å². The van der Waals surface area contributed by atoms with Crippen LogP contribution in [0.4, 0.5) is 9.80 Å². The molecule has 3 amide bonds. The molecule has 2 aromatic heterocycles. The maximum atomic E-state index is 13.8. The highest BCUT2D eigenvalue weighted by Gasteiger charge is 2.43. The number of hydrogen-bond donors (Lipinski definition) is 2. The van der Waals surface area contributed by atoms with Gasteiger partial charge in [-0.1, -0.05) is 11.3 Å². The number of anilines is 1. The van der Waals surface area contributed by atoms with Gasteiger partial charge in [-0.3, -0.25) is 14.9 Å². The highest BCUT2D eigenvalue weighted by Crippen LogP contribution is 2.49. The van der Waals surface area contributed by atoms with Crippen molar-refractivity contribution < 1.29 is 14.4 Å². The van der Waals surface area contributed by atoms with Gasteiger partial charge in [-0.2, -0.15) is 5.26 Å². The Morgan fingerprint density at radius 3 is 2.72 bits per heavy atom. The molecule has 8 nitrogen and oxygen atoms in total. The normalized spacial score (nSPS) is 16.5. The molecule has 1 fully saturated rings. The van der Waals surface area contributed by atoms with Gasteiger partial charge in [0, 0.05) is 52.3 Å². The van der Waals surface area contributed by atoms with Crippen molar-refractivity contribution in [1.82, 2.24) is 15.2 Å². The number of thiophene rings is 1. The van der Waals surface area contributed by atoms with Crippen molar-refractivity contribution in [2.24, 2.45) is 0 Å². The van der Waals surface area contributed by atoms with Crippen LogP contribution in [0.5, 0.6) is 0 Å². The Labute approximate surface area is 217 Å². The summed E-state index contributed by atoms with van der Waals surface area (Å²) in [7, 11) is 0. The van der Waals surface area contributed by atoms with Gasteiger partial charge < -0.3 is 10.2 Å². The molecule has 0 bridgehead atoms. The average molecular weight is 520 g/mol. The second-order valence-corrected chi connectivity index (χ2v) is 11.6. The number of rotatable bonds is 3. The highest BCUT2D eigenvalue weighted by atomic mass is 32.2. The molecule has 0 saturated carbocycles. The molecule has 10 heteroatoms. The zero-order chi connectivity index (χ0) is 25.4. The number of piperidine rings is 1. The van der Waals surface area contributed by atoms with Crippen molar-refractivity contribution in [3.63, 3.8) is 0 Å². The lowest BCUT2D eigenvalue weighted by atomic mass is 9.87. The van der Waals surface area contributed by atoms with Crippen molar-refractivity contribution in [1.29, 1.82) is 5.26 Å². The molecule has 2 N–H and O–H groups in total. The number of carbonyl (C=O) groups is 3. The third-order valence-corrected chi connectivity index (χ3v) is 9.23. The summed E-state index contributed by atoms with van der Waals surface area (Å²) in [5.74, 6) is -0.0842. The first kappa shape index (κ1) is 24.3. The number of nitrogens with one attached hydrogen (secondary N) is 2. The smallest absolute Gasteiger partial charge is 0.319 e. The van der Waals surface area contributed by atoms with Gasteiger partial charge in [0.25, 0.3) is 5.91 Å². The lowest BCUT2D eigenvalue weighted by Crippen LogP contribution is -2.47. The van der Waals surface area contributed by atoms with Gasteiger partial charge in [-0.25, -0.2) is 9.78 Å². The number of amides is 3. The molecule has 1 aromatic carbocycles. The molecule has 3 aromatic rings. The quantitative estimate of drug-likeness (QED) is 0.505. The molecule has 1 spiro atoms. The van der Waals surface area contributed by atoms with Gasteiger partial charge in [0.1, 0.15) is 9.83 Å². The first-order chi connectivity index (χ1) is 17.3. The van der Waals surface area contributed by atoms with E-state index in [1.807, 2.05) is 36.9 Å². The standard InChI is InChI=1S/C26H25N5O3S2/c1-3-28-25(34)30-23-21(17-6-4-15(2)29-22(17)35-23)24(33)31-10-8-26(9-11-31)13-19(32)18-12-16(14-27)5-7-20(18)36-26/h4-7,12H,3,8-11,13H2,1-2H3,(H2,28,30,34). The first-order valence-electron chi connectivity index (χ1n) is 11.8. The Kier molecular flexibility index (Phi) is 6.45. The number of fused-ring (bicyclic) bond motifs is 2. The molecule has 36 heavy (non-hydrogen) atoms. The Balaban J connectivity index is 1.38. The molecule has 0 atom stereocenters. The second-order valence-electron chi connectivity index (χ2n) is 9.10. The van der Waals surface area contributed by atoms with Crippen LogP contribution in [0.15, 0.2) is 35.2 Å². The van der Waals surface area contributed by atoms with E-state index in [0.717, 1.165) is 16.0 Å². The third-order valence-electron chi connectivity index (χ3n) is 6.65. The number of ketones is 1. The molecule has 0 radical (unpaired) electrons. The summed E-state index contributed by atoms with van der Waals surface area (Å²) in [6.07, 6.45) is 1.77. The van der Waals surface area contributed by atoms with Gasteiger partial charge in [0.2, 0.25) is 0 Å². The van der Waals surface area contributed by atoms with Gasteiger partial charge in [-0.15, -0.1) is 11.8 Å². The molecule has 2 aliphatic rings. The van der Waals surface area contributed by atoms with Crippen molar-refractivity contribution in [2.75, 3.05) is 25.0 Å². The topological polar surface area (TPSA) is 115 Å². The van der Waals surface area contributed by atoms with E-state index in [4.69, 9.17) is 5.26 Å². The van der Waals surface area contributed by atoms with Crippen molar-refractivity contribution in [2.45, 2.75) is 42.8 Å². The van der Waals surface area contributed by atoms with Crippen LogP contribution >= 0.6 is 23.1 Å². The average Bonchev–Trinajstić information content (AvgIpc) is 3.20. The van der Waals surface area contributed by atoms with Gasteiger partial charge in [-0.05, 0) is 57.0 Å². The minimum atomic E-state index is -0.359. The van der Waals surface area contributed by atoms with Crippen molar-refractivity contribution >= 4 is 56.0 Å². The Morgan fingerprint density at radius 2 is 2.00 bits per heavy atom. The van der Waals surface area contributed by atoms with Crippen LogP contribution in [0.1, 0.15) is 58.2 Å². The van der Waals surface area contributed by atoms with E-state index in [0.29, 0.717) is 65.4 Å². The summed E-state index contributed by atoms with van der Waals surface area (Å²) in [6.45, 7) is 5.23.